The lowest BCUT2D eigenvalue weighted by Gasteiger charge is -2.34. The van der Waals surface area contributed by atoms with E-state index in [2.05, 4.69) is 5.32 Å². The molecule has 3 fully saturated rings. The summed E-state index contributed by atoms with van der Waals surface area (Å²) in [5.74, 6) is -2.43. The number of piperidine rings is 1. The van der Waals surface area contributed by atoms with Gasteiger partial charge in [0, 0.05) is 25.2 Å². The molecule has 11 heteroatoms. The third-order valence-electron chi connectivity index (χ3n) is 7.52. The molecule has 35 heavy (non-hydrogen) atoms. The molecule has 4 atom stereocenters. The van der Waals surface area contributed by atoms with E-state index in [1.807, 2.05) is 6.92 Å². The molecule has 4 rings (SSSR count). The van der Waals surface area contributed by atoms with Gasteiger partial charge in [0.25, 0.3) is 0 Å². The van der Waals surface area contributed by atoms with Gasteiger partial charge >= 0.3 is 0 Å². The summed E-state index contributed by atoms with van der Waals surface area (Å²) in [5.41, 5.74) is 0.0572. The van der Waals surface area contributed by atoms with Crippen LogP contribution >= 0.6 is 11.6 Å². The third-order valence-corrected chi connectivity index (χ3v) is 9.08. The highest BCUT2D eigenvalue weighted by molar-refractivity contribution is 7.88. The van der Waals surface area contributed by atoms with E-state index in [4.69, 9.17) is 11.6 Å². The topological polar surface area (TPSA) is 86.8 Å². The van der Waals surface area contributed by atoms with Gasteiger partial charge in [0.2, 0.25) is 21.8 Å². The number of halogens is 3. The molecule has 1 N–H and O–H groups in total. The second-order valence-corrected chi connectivity index (χ2v) is 12.5. The van der Waals surface area contributed by atoms with Crippen LogP contribution in [0.5, 0.6) is 0 Å². The van der Waals surface area contributed by atoms with E-state index in [-0.39, 0.29) is 34.9 Å². The number of hydrogen-bond donors (Lipinski definition) is 1. The van der Waals surface area contributed by atoms with Gasteiger partial charge in [0.15, 0.2) is 0 Å². The first kappa shape index (κ1) is 26.3. The number of hydrogen-bond acceptors (Lipinski definition) is 4. The van der Waals surface area contributed by atoms with Gasteiger partial charge in [0.1, 0.15) is 17.7 Å². The highest BCUT2D eigenvalue weighted by atomic mass is 35.5. The minimum absolute atomic E-state index is 0.0109. The fraction of sp³-hybridized carbons (Fsp3) is 0.667. The Hall–Kier alpha value is -1.78. The standard InChI is InChI=1S/C24H32ClF2N3O4S/c1-3-14-9-21(30(12-14)24(32)16-5-4-8-29(13-16)35(2,33)34)23(31)28-22(15-6-7-15)17-10-20(27)18(25)11-19(17)26/h10-11,14-16,21-22H,3-9,12-13H2,1-2H3,(H,28,31)/t14-,16+,21-,22?/m1/s1. The van der Waals surface area contributed by atoms with E-state index < -0.39 is 45.6 Å². The van der Waals surface area contributed by atoms with E-state index in [9.17, 15) is 26.8 Å². The van der Waals surface area contributed by atoms with Crippen molar-refractivity contribution < 1.29 is 26.8 Å². The number of carbonyl (C=O) groups excluding carboxylic acids is 2. The van der Waals surface area contributed by atoms with E-state index >= 15 is 0 Å². The van der Waals surface area contributed by atoms with Crippen LogP contribution in [0.25, 0.3) is 0 Å². The molecule has 1 unspecified atom stereocenters. The minimum atomic E-state index is -3.41. The lowest BCUT2D eigenvalue weighted by atomic mass is 9.97. The Kier molecular flexibility index (Phi) is 7.74. The molecular formula is C24H32ClF2N3O4S. The molecule has 2 amide bonds. The van der Waals surface area contributed by atoms with Crippen molar-refractivity contribution in [3.8, 4) is 0 Å². The zero-order chi connectivity index (χ0) is 25.5. The number of nitrogens with one attached hydrogen (secondary N) is 1. The van der Waals surface area contributed by atoms with Gasteiger partial charge in [-0.25, -0.2) is 21.5 Å². The van der Waals surface area contributed by atoms with E-state index in [1.165, 1.54) is 4.31 Å². The number of likely N-dealkylation sites (tertiary alicyclic amines) is 1. The van der Waals surface area contributed by atoms with Crippen LogP contribution in [0, 0.1) is 29.4 Å². The SMILES string of the molecule is CC[C@@H]1C[C@H](C(=O)NC(c2cc(F)c(Cl)cc2F)C2CC2)N(C(=O)[C@H]2CCCN(S(C)(=O)=O)C2)C1. The number of rotatable bonds is 7. The molecule has 1 saturated carbocycles. The number of carbonyl (C=O) groups is 2. The van der Waals surface area contributed by atoms with Crippen molar-refractivity contribution in [2.24, 2.45) is 17.8 Å². The zero-order valence-electron chi connectivity index (χ0n) is 20.0. The van der Waals surface area contributed by atoms with E-state index in [0.717, 1.165) is 37.7 Å². The van der Waals surface area contributed by atoms with Crippen molar-refractivity contribution in [3.05, 3.63) is 34.4 Å². The Labute approximate surface area is 210 Å². The molecule has 0 bridgehead atoms. The van der Waals surface area contributed by atoms with Crippen LogP contribution in [-0.2, 0) is 19.6 Å². The van der Waals surface area contributed by atoms with Crippen LogP contribution in [-0.4, -0.2) is 61.4 Å². The summed E-state index contributed by atoms with van der Waals surface area (Å²) < 4.78 is 54.1. The maximum atomic E-state index is 14.7. The van der Waals surface area contributed by atoms with Crippen molar-refractivity contribution in [1.29, 1.82) is 0 Å². The van der Waals surface area contributed by atoms with Gasteiger partial charge in [0.05, 0.1) is 23.2 Å². The first-order chi connectivity index (χ1) is 16.5. The Morgan fingerprint density at radius 1 is 1.17 bits per heavy atom. The van der Waals surface area contributed by atoms with Gasteiger partial charge < -0.3 is 10.2 Å². The largest absolute Gasteiger partial charge is 0.347 e. The van der Waals surface area contributed by atoms with Crippen LogP contribution in [0.15, 0.2) is 12.1 Å². The van der Waals surface area contributed by atoms with Gasteiger partial charge in [-0.05, 0) is 56.1 Å². The highest BCUT2D eigenvalue weighted by Crippen LogP contribution is 2.43. The maximum Gasteiger partial charge on any atom is 0.243 e. The zero-order valence-corrected chi connectivity index (χ0v) is 21.5. The van der Waals surface area contributed by atoms with Crippen LogP contribution < -0.4 is 5.32 Å². The second kappa shape index (κ2) is 10.3. The molecular weight excluding hydrogens is 500 g/mol. The average Bonchev–Trinajstić information content (AvgIpc) is 3.56. The maximum absolute atomic E-state index is 14.7. The second-order valence-electron chi connectivity index (χ2n) is 10.1. The normalized spacial score (nSPS) is 26.5. The summed E-state index contributed by atoms with van der Waals surface area (Å²) in [6.07, 6.45) is 5.10. The predicted molar refractivity (Wildman–Crippen MR) is 128 cm³/mol. The lowest BCUT2D eigenvalue weighted by molar-refractivity contribution is -0.142. The molecule has 3 aliphatic rings. The molecule has 7 nitrogen and oxygen atoms in total. The summed E-state index contributed by atoms with van der Waals surface area (Å²) in [6, 6.07) is 0.516. The number of benzene rings is 1. The highest BCUT2D eigenvalue weighted by Gasteiger charge is 2.44. The lowest BCUT2D eigenvalue weighted by Crippen LogP contribution is -2.51. The summed E-state index contributed by atoms with van der Waals surface area (Å²) in [5, 5.41) is 2.58. The molecule has 2 saturated heterocycles. The van der Waals surface area contributed by atoms with Crippen molar-refractivity contribution >= 4 is 33.4 Å². The molecule has 194 valence electrons. The molecule has 1 aromatic rings. The molecule has 2 aliphatic heterocycles. The van der Waals surface area contributed by atoms with Crippen molar-refractivity contribution in [2.45, 2.75) is 57.5 Å². The quantitative estimate of drug-likeness (QED) is 0.546. The van der Waals surface area contributed by atoms with Crippen molar-refractivity contribution in [1.82, 2.24) is 14.5 Å². The summed E-state index contributed by atoms with van der Waals surface area (Å²) >= 11 is 5.71. The molecule has 1 aliphatic carbocycles. The van der Waals surface area contributed by atoms with Crippen LogP contribution in [0.1, 0.15) is 57.1 Å². The smallest absolute Gasteiger partial charge is 0.243 e. The Bertz CT molecular complexity index is 1100. The Balaban J connectivity index is 1.53. The predicted octanol–water partition coefficient (Wildman–Crippen LogP) is 3.48. The molecule has 1 aromatic carbocycles. The monoisotopic (exact) mass is 531 g/mol. The first-order valence-corrected chi connectivity index (χ1v) is 14.4. The third kappa shape index (κ3) is 5.80. The average molecular weight is 532 g/mol. The Morgan fingerprint density at radius 3 is 2.51 bits per heavy atom. The minimum Gasteiger partial charge on any atom is -0.347 e. The molecule has 0 aromatic heterocycles. The number of nitrogens with zero attached hydrogens (tertiary/aromatic N) is 2. The van der Waals surface area contributed by atoms with Crippen molar-refractivity contribution in [3.63, 3.8) is 0 Å². The molecule has 2 heterocycles. The summed E-state index contributed by atoms with van der Waals surface area (Å²) in [6.45, 7) is 2.91. The van der Waals surface area contributed by atoms with Crippen LogP contribution in [0.4, 0.5) is 8.78 Å². The Morgan fingerprint density at radius 2 is 1.89 bits per heavy atom. The van der Waals surface area contributed by atoms with Crippen LogP contribution in [0.3, 0.4) is 0 Å². The molecule has 0 radical (unpaired) electrons. The fourth-order valence-corrected chi connectivity index (χ4v) is 6.36. The summed E-state index contributed by atoms with van der Waals surface area (Å²) in [7, 11) is -3.41. The van der Waals surface area contributed by atoms with Gasteiger partial charge in [-0.15, -0.1) is 0 Å². The van der Waals surface area contributed by atoms with Gasteiger partial charge in [-0.2, -0.15) is 0 Å². The van der Waals surface area contributed by atoms with Gasteiger partial charge in [-0.1, -0.05) is 24.9 Å². The van der Waals surface area contributed by atoms with E-state index in [0.29, 0.717) is 32.4 Å². The summed E-state index contributed by atoms with van der Waals surface area (Å²) in [4.78, 5) is 28.5. The van der Waals surface area contributed by atoms with E-state index in [1.54, 1.807) is 4.90 Å². The van der Waals surface area contributed by atoms with Crippen LogP contribution in [0.2, 0.25) is 5.02 Å². The van der Waals surface area contributed by atoms with Gasteiger partial charge in [-0.3, -0.25) is 9.59 Å². The molecule has 0 spiro atoms. The van der Waals surface area contributed by atoms with Crippen molar-refractivity contribution in [2.75, 3.05) is 25.9 Å². The first-order valence-electron chi connectivity index (χ1n) is 12.2. The number of sulfonamides is 1. The number of amides is 2. The fourth-order valence-electron chi connectivity index (χ4n) is 5.30.